The minimum absolute atomic E-state index is 0.111. The van der Waals surface area contributed by atoms with Gasteiger partial charge in [-0.1, -0.05) is 30.3 Å². The van der Waals surface area contributed by atoms with E-state index in [-0.39, 0.29) is 6.10 Å². The summed E-state index contributed by atoms with van der Waals surface area (Å²) in [5.41, 5.74) is 4.11. The number of methoxy groups -OCH3 is 1. The standard InChI is InChI=1S/C19H22N2O4/c1-4-24-19(22)21-20-13-15-10-11-17(18(12-15)23-3)25-14(2)16-8-6-5-7-9-16/h5-14H,4H2,1-3H3,(H,21,22)/b20-13-/t14-/m1/s1. The SMILES string of the molecule is CCOC(=O)N/N=C\c1ccc(O[C@H](C)c2ccccc2)c(OC)c1. The van der Waals surface area contributed by atoms with Gasteiger partial charge in [-0.15, -0.1) is 0 Å². The highest BCUT2D eigenvalue weighted by atomic mass is 16.5. The Morgan fingerprint density at radius 1 is 1.20 bits per heavy atom. The topological polar surface area (TPSA) is 69.2 Å². The number of benzene rings is 2. The van der Waals surface area contributed by atoms with E-state index in [0.717, 1.165) is 11.1 Å². The van der Waals surface area contributed by atoms with Crippen LogP contribution in [0.5, 0.6) is 11.5 Å². The van der Waals surface area contributed by atoms with E-state index >= 15 is 0 Å². The zero-order valence-corrected chi connectivity index (χ0v) is 14.6. The van der Waals surface area contributed by atoms with Crippen molar-refractivity contribution >= 4 is 12.3 Å². The largest absolute Gasteiger partial charge is 0.493 e. The molecule has 0 fully saturated rings. The molecule has 0 radical (unpaired) electrons. The summed E-state index contributed by atoms with van der Waals surface area (Å²) < 4.78 is 16.1. The van der Waals surface area contributed by atoms with Crippen LogP contribution in [0.15, 0.2) is 53.6 Å². The maximum Gasteiger partial charge on any atom is 0.427 e. The maximum absolute atomic E-state index is 11.2. The van der Waals surface area contributed by atoms with Crippen molar-refractivity contribution in [3.05, 3.63) is 59.7 Å². The molecule has 132 valence electrons. The molecule has 0 saturated carbocycles. The number of rotatable bonds is 7. The van der Waals surface area contributed by atoms with Gasteiger partial charge < -0.3 is 14.2 Å². The van der Waals surface area contributed by atoms with E-state index in [2.05, 4.69) is 10.5 Å². The summed E-state index contributed by atoms with van der Waals surface area (Å²) in [4.78, 5) is 11.2. The monoisotopic (exact) mass is 342 g/mol. The zero-order valence-electron chi connectivity index (χ0n) is 14.6. The highest BCUT2D eigenvalue weighted by molar-refractivity contribution is 5.82. The Morgan fingerprint density at radius 2 is 1.96 bits per heavy atom. The number of carbonyl (C=O) groups excluding carboxylic acids is 1. The summed E-state index contributed by atoms with van der Waals surface area (Å²) in [7, 11) is 1.58. The summed E-state index contributed by atoms with van der Waals surface area (Å²) in [6.07, 6.45) is 0.798. The van der Waals surface area contributed by atoms with Gasteiger partial charge in [-0.3, -0.25) is 0 Å². The van der Waals surface area contributed by atoms with E-state index in [1.807, 2.05) is 49.4 Å². The first-order valence-electron chi connectivity index (χ1n) is 7.99. The third kappa shape index (κ3) is 5.53. The van der Waals surface area contributed by atoms with Crippen LogP contribution in [0.1, 0.15) is 31.1 Å². The summed E-state index contributed by atoms with van der Waals surface area (Å²) in [5, 5.41) is 3.83. The molecule has 6 heteroatoms. The molecule has 0 unspecified atom stereocenters. The van der Waals surface area contributed by atoms with E-state index in [0.29, 0.717) is 18.1 Å². The molecule has 0 aliphatic heterocycles. The van der Waals surface area contributed by atoms with Crippen LogP contribution in [0.4, 0.5) is 4.79 Å². The van der Waals surface area contributed by atoms with Crippen molar-refractivity contribution in [2.24, 2.45) is 5.10 Å². The van der Waals surface area contributed by atoms with E-state index in [1.54, 1.807) is 20.1 Å². The van der Waals surface area contributed by atoms with Gasteiger partial charge in [-0.2, -0.15) is 5.10 Å². The number of nitrogens with zero attached hydrogens (tertiary/aromatic N) is 1. The second-order valence-corrected chi connectivity index (χ2v) is 5.17. The molecule has 2 aromatic carbocycles. The number of hydrogen-bond acceptors (Lipinski definition) is 5. The van der Waals surface area contributed by atoms with Crippen molar-refractivity contribution < 1.29 is 19.0 Å². The van der Waals surface area contributed by atoms with Crippen LogP contribution >= 0.6 is 0 Å². The van der Waals surface area contributed by atoms with Crippen molar-refractivity contribution in [2.45, 2.75) is 20.0 Å². The lowest BCUT2D eigenvalue weighted by Gasteiger charge is -2.17. The number of nitrogens with one attached hydrogen (secondary N) is 1. The first-order chi connectivity index (χ1) is 12.1. The van der Waals surface area contributed by atoms with Gasteiger partial charge >= 0.3 is 6.09 Å². The van der Waals surface area contributed by atoms with Gasteiger partial charge in [0.15, 0.2) is 11.5 Å². The van der Waals surface area contributed by atoms with Gasteiger partial charge in [0.2, 0.25) is 0 Å². The molecule has 6 nitrogen and oxygen atoms in total. The van der Waals surface area contributed by atoms with Gasteiger partial charge in [-0.25, -0.2) is 10.2 Å². The summed E-state index contributed by atoms with van der Waals surface area (Å²) in [6, 6.07) is 15.4. The summed E-state index contributed by atoms with van der Waals surface area (Å²) in [6.45, 7) is 4.00. The number of hydrazone groups is 1. The molecule has 0 aliphatic carbocycles. The van der Waals surface area contributed by atoms with Gasteiger partial charge in [-0.05, 0) is 43.2 Å². The maximum atomic E-state index is 11.2. The number of amides is 1. The predicted octanol–water partition coefficient (Wildman–Crippen LogP) is 3.92. The molecule has 0 heterocycles. The zero-order chi connectivity index (χ0) is 18.1. The number of carbonyl (C=O) groups is 1. The molecule has 0 aromatic heterocycles. The first-order valence-corrected chi connectivity index (χ1v) is 7.99. The third-order valence-electron chi connectivity index (χ3n) is 3.41. The second-order valence-electron chi connectivity index (χ2n) is 5.17. The molecular formula is C19H22N2O4. The molecule has 1 N–H and O–H groups in total. The van der Waals surface area contributed by atoms with Gasteiger partial charge in [0.05, 0.1) is 19.9 Å². The molecule has 1 atom stereocenters. The van der Waals surface area contributed by atoms with Gasteiger partial charge in [0.25, 0.3) is 0 Å². The van der Waals surface area contributed by atoms with E-state index < -0.39 is 6.09 Å². The van der Waals surface area contributed by atoms with Crippen LogP contribution in [-0.2, 0) is 4.74 Å². The number of hydrogen-bond donors (Lipinski definition) is 1. The van der Waals surface area contributed by atoms with E-state index in [9.17, 15) is 4.79 Å². The van der Waals surface area contributed by atoms with Crippen molar-refractivity contribution in [3.63, 3.8) is 0 Å². The Bertz CT molecular complexity index is 717. The Morgan fingerprint density at radius 3 is 2.64 bits per heavy atom. The van der Waals surface area contributed by atoms with Crippen LogP contribution in [0.25, 0.3) is 0 Å². The van der Waals surface area contributed by atoms with E-state index in [4.69, 9.17) is 14.2 Å². The average molecular weight is 342 g/mol. The van der Waals surface area contributed by atoms with Crippen LogP contribution < -0.4 is 14.9 Å². The normalized spacial score (nSPS) is 11.8. The van der Waals surface area contributed by atoms with Crippen LogP contribution in [0.2, 0.25) is 0 Å². The van der Waals surface area contributed by atoms with E-state index in [1.165, 1.54) is 6.21 Å². The Labute approximate surface area is 147 Å². The van der Waals surface area contributed by atoms with Crippen LogP contribution in [0, 0.1) is 0 Å². The summed E-state index contributed by atoms with van der Waals surface area (Å²) in [5.74, 6) is 1.22. The van der Waals surface area contributed by atoms with Crippen LogP contribution in [0.3, 0.4) is 0 Å². The lowest BCUT2D eigenvalue weighted by molar-refractivity contribution is 0.152. The molecule has 25 heavy (non-hydrogen) atoms. The summed E-state index contributed by atoms with van der Waals surface area (Å²) >= 11 is 0. The molecule has 0 bridgehead atoms. The highest BCUT2D eigenvalue weighted by Crippen LogP contribution is 2.31. The third-order valence-corrected chi connectivity index (χ3v) is 3.41. The first kappa shape index (κ1) is 18.3. The quantitative estimate of drug-likeness (QED) is 0.612. The predicted molar refractivity (Wildman–Crippen MR) is 96.2 cm³/mol. The average Bonchev–Trinajstić information content (AvgIpc) is 2.63. The number of ether oxygens (including phenoxy) is 3. The minimum Gasteiger partial charge on any atom is -0.493 e. The van der Waals surface area contributed by atoms with Crippen molar-refractivity contribution in [1.82, 2.24) is 5.43 Å². The smallest absolute Gasteiger partial charge is 0.427 e. The lowest BCUT2D eigenvalue weighted by Crippen LogP contribution is -2.18. The molecule has 0 aliphatic rings. The van der Waals surface area contributed by atoms with Crippen molar-refractivity contribution in [3.8, 4) is 11.5 Å². The fourth-order valence-electron chi connectivity index (χ4n) is 2.17. The fraction of sp³-hybridized carbons (Fsp3) is 0.263. The van der Waals surface area contributed by atoms with Crippen molar-refractivity contribution in [2.75, 3.05) is 13.7 Å². The molecular weight excluding hydrogens is 320 g/mol. The Hall–Kier alpha value is -3.02. The Balaban J connectivity index is 2.06. The molecule has 1 amide bonds. The Kier molecular flexibility index (Phi) is 6.83. The van der Waals surface area contributed by atoms with Crippen molar-refractivity contribution in [1.29, 1.82) is 0 Å². The lowest BCUT2D eigenvalue weighted by atomic mass is 10.1. The minimum atomic E-state index is -0.595. The molecule has 0 spiro atoms. The fourth-order valence-corrected chi connectivity index (χ4v) is 2.17. The van der Waals surface area contributed by atoms with Crippen LogP contribution in [-0.4, -0.2) is 26.0 Å². The molecule has 2 rings (SSSR count). The second kappa shape index (κ2) is 9.32. The molecule has 0 saturated heterocycles. The molecule has 2 aromatic rings. The van der Waals surface area contributed by atoms with Gasteiger partial charge in [0.1, 0.15) is 6.10 Å². The van der Waals surface area contributed by atoms with Gasteiger partial charge in [0, 0.05) is 0 Å². The highest BCUT2D eigenvalue weighted by Gasteiger charge is 2.11.